The molecule has 0 saturated heterocycles. The van der Waals surface area contributed by atoms with Crippen molar-refractivity contribution in [3.8, 4) is 0 Å². The first kappa shape index (κ1) is 26.2. The predicted octanol–water partition coefficient (Wildman–Crippen LogP) is 9.49. The maximum Gasteiger partial charge on any atom is 0.252 e. The zero-order valence-electron chi connectivity index (χ0n) is 19.5. The Kier molecular flexibility index (Phi) is 15.3. The highest BCUT2D eigenvalue weighted by atomic mass is 35.5. The lowest BCUT2D eigenvalue weighted by Gasteiger charge is -2.11. The zero-order chi connectivity index (χ0) is 21.3. The number of hydrogen-bond acceptors (Lipinski definition) is 1. The summed E-state index contributed by atoms with van der Waals surface area (Å²) in [6.45, 7) is 6.40. The van der Waals surface area contributed by atoms with Gasteiger partial charge in [-0.2, -0.15) is 0 Å². The summed E-state index contributed by atoms with van der Waals surface area (Å²) in [5.74, 6) is 0. The zero-order valence-corrected chi connectivity index (χ0v) is 20.2. The van der Waals surface area contributed by atoms with Crippen LogP contribution in [-0.2, 0) is 6.42 Å². The van der Waals surface area contributed by atoms with Crippen LogP contribution in [-0.4, -0.2) is 5.24 Å². The summed E-state index contributed by atoms with van der Waals surface area (Å²) in [4.78, 5) is 11.4. The average molecular weight is 421 g/mol. The number of rotatable bonds is 18. The minimum Gasteiger partial charge on any atom is -0.276 e. The maximum absolute atomic E-state index is 11.4. The fourth-order valence-corrected chi connectivity index (χ4v) is 4.43. The number of benzene rings is 1. The topological polar surface area (TPSA) is 17.1 Å². The van der Waals surface area contributed by atoms with Gasteiger partial charge >= 0.3 is 0 Å². The number of halogens is 1. The molecule has 0 N–H and O–H groups in total. The van der Waals surface area contributed by atoms with Gasteiger partial charge in [-0.3, -0.25) is 4.79 Å². The van der Waals surface area contributed by atoms with Crippen LogP contribution in [0.4, 0.5) is 0 Å². The molecule has 0 spiro atoms. The number of carbonyl (C=O) groups is 1. The van der Waals surface area contributed by atoms with Crippen molar-refractivity contribution in [2.45, 2.75) is 130 Å². The van der Waals surface area contributed by atoms with Crippen molar-refractivity contribution < 1.29 is 4.79 Å². The molecule has 0 fully saturated rings. The SMILES string of the molecule is CCCCCCCCCCCCCCCCCCc1ccc(C(=O)Cl)c(C)c1C. The second-order valence-electron chi connectivity index (χ2n) is 8.85. The van der Waals surface area contributed by atoms with E-state index in [1.807, 2.05) is 13.0 Å². The molecule has 1 nitrogen and oxygen atoms in total. The Morgan fingerprint density at radius 1 is 0.655 bits per heavy atom. The van der Waals surface area contributed by atoms with Gasteiger partial charge in [0.1, 0.15) is 0 Å². The largest absolute Gasteiger partial charge is 0.276 e. The Bertz CT molecular complexity index is 564. The minimum absolute atomic E-state index is 0.348. The van der Waals surface area contributed by atoms with E-state index in [0.717, 1.165) is 12.0 Å². The molecular weight excluding hydrogens is 376 g/mol. The molecule has 0 bridgehead atoms. The lowest BCUT2D eigenvalue weighted by Crippen LogP contribution is -2.00. The predicted molar refractivity (Wildman–Crippen MR) is 129 cm³/mol. The Morgan fingerprint density at radius 2 is 1.07 bits per heavy atom. The first-order valence-corrected chi connectivity index (χ1v) is 12.7. The normalized spacial score (nSPS) is 11.2. The summed E-state index contributed by atoms with van der Waals surface area (Å²) in [5, 5.41) is -0.348. The van der Waals surface area contributed by atoms with Crippen molar-refractivity contribution in [3.63, 3.8) is 0 Å². The van der Waals surface area contributed by atoms with E-state index in [4.69, 9.17) is 11.6 Å². The highest BCUT2D eigenvalue weighted by molar-refractivity contribution is 6.67. The summed E-state index contributed by atoms with van der Waals surface area (Å²) in [6, 6.07) is 3.97. The molecule has 0 unspecified atom stereocenters. The van der Waals surface area contributed by atoms with Crippen molar-refractivity contribution in [1.82, 2.24) is 0 Å². The second kappa shape index (κ2) is 16.9. The summed E-state index contributed by atoms with van der Waals surface area (Å²) < 4.78 is 0. The minimum atomic E-state index is -0.348. The molecule has 0 amide bonds. The van der Waals surface area contributed by atoms with E-state index in [-0.39, 0.29) is 5.24 Å². The van der Waals surface area contributed by atoms with Crippen LogP contribution < -0.4 is 0 Å². The molecule has 1 aromatic carbocycles. The molecule has 0 atom stereocenters. The van der Waals surface area contributed by atoms with E-state index in [1.54, 1.807) is 0 Å². The van der Waals surface area contributed by atoms with Crippen LogP contribution in [0.2, 0.25) is 0 Å². The number of aryl methyl sites for hydroxylation is 1. The number of unbranched alkanes of at least 4 members (excludes halogenated alkanes) is 15. The fourth-order valence-electron chi connectivity index (χ4n) is 4.22. The Labute approximate surface area is 186 Å². The summed E-state index contributed by atoms with van der Waals surface area (Å²) in [5.41, 5.74) is 4.30. The third-order valence-corrected chi connectivity index (χ3v) is 6.61. The van der Waals surface area contributed by atoms with Crippen molar-refractivity contribution in [1.29, 1.82) is 0 Å². The smallest absolute Gasteiger partial charge is 0.252 e. The molecule has 2 heteroatoms. The van der Waals surface area contributed by atoms with Gasteiger partial charge in [0.15, 0.2) is 0 Å². The van der Waals surface area contributed by atoms with Gasteiger partial charge < -0.3 is 0 Å². The number of carbonyl (C=O) groups excluding carboxylic acids is 1. The summed E-state index contributed by atoms with van der Waals surface area (Å²) in [6.07, 6.45) is 23.6. The second-order valence-corrected chi connectivity index (χ2v) is 9.19. The van der Waals surface area contributed by atoms with Crippen LogP contribution in [0.15, 0.2) is 12.1 Å². The van der Waals surface area contributed by atoms with Crippen LogP contribution in [0.1, 0.15) is 137 Å². The molecule has 0 aromatic heterocycles. The lowest BCUT2D eigenvalue weighted by atomic mass is 9.95. The highest BCUT2D eigenvalue weighted by Gasteiger charge is 2.10. The van der Waals surface area contributed by atoms with E-state index >= 15 is 0 Å². The van der Waals surface area contributed by atoms with Gasteiger partial charge in [-0.1, -0.05) is 109 Å². The maximum atomic E-state index is 11.4. The van der Waals surface area contributed by atoms with E-state index in [0.29, 0.717) is 5.56 Å². The molecule has 0 heterocycles. The first-order valence-electron chi connectivity index (χ1n) is 12.4. The highest BCUT2D eigenvalue weighted by Crippen LogP contribution is 2.21. The molecule has 0 aliphatic carbocycles. The van der Waals surface area contributed by atoms with Crippen LogP contribution in [0.25, 0.3) is 0 Å². The fraction of sp³-hybridized carbons (Fsp3) is 0.741. The van der Waals surface area contributed by atoms with Crippen LogP contribution in [0.3, 0.4) is 0 Å². The van der Waals surface area contributed by atoms with Gasteiger partial charge in [0.05, 0.1) is 0 Å². The summed E-state index contributed by atoms with van der Waals surface area (Å²) in [7, 11) is 0. The molecule has 1 rings (SSSR count). The van der Waals surface area contributed by atoms with Gasteiger partial charge in [0.2, 0.25) is 0 Å². The van der Waals surface area contributed by atoms with Gasteiger partial charge in [0, 0.05) is 5.56 Å². The standard InChI is InChI=1S/C27H45ClO/c1-4-5-6-7-8-9-10-11-12-13-14-15-16-17-18-19-20-25-21-22-26(27(28)29)24(3)23(25)2/h21-22H,4-20H2,1-3H3. The van der Waals surface area contributed by atoms with Crippen LogP contribution >= 0.6 is 11.6 Å². The van der Waals surface area contributed by atoms with E-state index in [2.05, 4.69) is 19.9 Å². The van der Waals surface area contributed by atoms with Crippen molar-refractivity contribution in [2.24, 2.45) is 0 Å². The average Bonchev–Trinajstić information content (AvgIpc) is 2.70. The molecule has 166 valence electrons. The van der Waals surface area contributed by atoms with E-state index in [9.17, 15) is 4.79 Å². The Morgan fingerprint density at radius 3 is 1.48 bits per heavy atom. The number of hydrogen-bond donors (Lipinski definition) is 0. The van der Waals surface area contributed by atoms with Crippen LogP contribution in [0, 0.1) is 13.8 Å². The third-order valence-electron chi connectivity index (χ3n) is 6.41. The summed E-state index contributed by atoms with van der Waals surface area (Å²) >= 11 is 5.64. The molecular formula is C27H45ClO. The first-order chi connectivity index (χ1) is 14.1. The molecule has 0 aliphatic heterocycles. The van der Waals surface area contributed by atoms with E-state index < -0.39 is 0 Å². The Hall–Kier alpha value is -0.820. The van der Waals surface area contributed by atoms with Crippen molar-refractivity contribution >= 4 is 16.8 Å². The Balaban J connectivity index is 1.94. The third kappa shape index (κ3) is 11.8. The molecule has 0 radical (unpaired) electrons. The van der Waals surface area contributed by atoms with Crippen LogP contribution in [0.5, 0.6) is 0 Å². The van der Waals surface area contributed by atoms with Gasteiger partial charge in [-0.25, -0.2) is 0 Å². The van der Waals surface area contributed by atoms with E-state index in [1.165, 1.54) is 114 Å². The van der Waals surface area contributed by atoms with Gasteiger partial charge in [0.25, 0.3) is 5.24 Å². The van der Waals surface area contributed by atoms with Gasteiger partial charge in [-0.05, 0) is 61.0 Å². The molecule has 0 saturated carbocycles. The molecule has 0 aliphatic rings. The quantitative estimate of drug-likeness (QED) is 0.170. The van der Waals surface area contributed by atoms with Gasteiger partial charge in [-0.15, -0.1) is 0 Å². The molecule has 1 aromatic rings. The lowest BCUT2D eigenvalue weighted by molar-refractivity contribution is 0.108. The van der Waals surface area contributed by atoms with Crippen molar-refractivity contribution in [2.75, 3.05) is 0 Å². The monoisotopic (exact) mass is 420 g/mol. The van der Waals surface area contributed by atoms with Crippen molar-refractivity contribution in [3.05, 3.63) is 34.4 Å². The molecule has 29 heavy (non-hydrogen) atoms.